The van der Waals surface area contributed by atoms with Gasteiger partial charge in [-0.2, -0.15) is 47.0 Å². The maximum Gasteiger partial charge on any atom is 0.0278 e. The minimum Gasteiger partial charge on any atom is -0.329 e. The maximum absolute atomic E-state index is 5.93. The van der Waals surface area contributed by atoms with E-state index < -0.39 is 0 Å². The summed E-state index contributed by atoms with van der Waals surface area (Å²) < 4.78 is 0. The maximum atomic E-state index is 5.93. The van der Waals surface area contributed by atoms with Gasteiger partial charge in [-0.25, -0.2) is 0 Å². The van der Waals surface area contributed by atoms with Gasteiger partial charge in [-0.3, -0.25) is 4.90 Å². The van der Waals surface area contributed by atoms with Crippen molar-refractivity contribution in [3.8, 4) is 0 Å². The highest BCUT2D eigenvalue weighted by molar-refractivity contribution is 8.04. The van der Waals surface area contributed by atoms with Gasteiger partial charge in [-0.05, 0) is 17.9 Å². The van der Waals surface area contributed by atoms with Crippen LogP contribution in [0.1, 0.15) is 6.42 Å². The van der Waals surface area contributed by atoms with Crippen molar-refractivity contribution in [3.05, 3.63) is 0 Å². The van der Waals surface area contributed by atoms with Crippen LogP contribution in [-0.4, -0.2) is 109 Å². The van der Waals surface area contributed by atoms with Crippen LogP contribution in [0, 0.1) is 0 Å². The Morgan fingerprint density at radius 1 is 0.667 bits per heavy atom. The summed E-state index contributed by atoms with van der Waals surface area (Å²) in [5, 5.41) is 6.88. The van der Waals surface area contributed by atoms with Crippen molar-refractivity contribution in [2.24, 2.45) is 11.5 Å². The van der Waals surface area contributed by atoms with Crippen molar-refractivity contribution < 1.29 is 0 Å². The van der Waals surface area contributed by atoms with Crippen molar-refractivity contribution >= 4 is 47.0 Å². The second-order valence-electron chi connectivity index (χ2n) is 6.50. The van der Waals surface area contributed by atoms with Crippen LogP contribution in [0.4, 0.5) is 0 Å². The standard InChI is InChI=1S/C18H41N5S4/c19-2-4-21-5-6-22-7-9-23(8-3-20)18-16-26-14-12-24-10-1-11-25-13-15-27-17-18/h18,21-22H,1-17,19-20H2. The SMILES string of the molecule is NCCNCCNCCN(CCN)C1CSCCSCCCSCCSC1. The summed E-state index contributed by atoms with van der Waals surface area (Å²) in [6, 6.07) is 0.638. The smallest absolute Gasteiger partial charge is 0.0278 e. The lowest BCUT2D eigenvalue weighted by atomic mass is 10.3. The Morgan fingerprint density at radius 2 is 1.26 bits per heavy atom. The van der Waals surface area contributed by atoms with E-state index in [0.717, 1.165) is 45.8 Å². The van der Waals surface area contributed by atoms with Crippen LogP contribution in [0.2, 0.25) is 0 Å². The van der Waals surface area contributed by atoms with Crippen molar-refractivity contribution in [2.45, 2.75) is 12.5 Å². The van der Waals surface area contributed by atoms with E-state index in [4.69, 9.17) is 11.5 Å². The Balaban J connectivity index is 2.36. The van der Waals surface area contributed by atoms with Gasteiger partial charge in [-0.15, -0.1) is 0 Å². The molecular formula is C18H41N5S4. The lowest BCUT2D eigenvalue weighted by molar-refractivity contribution is 0.235. The third-order valence-corrected chi connectivity index (χ3v) is 9.13. The molecule has 6 N–H and O–H groups in total. The Bertz CT molecular complexity index is 301. The van der Waals surface area contributed by atoms with Crippen LogP contribution in [0.3, 0.4) is 0 Å². The molecule has 0 aromatic rings. The summed E-state index contributed by atoms with van der Waals surface area (Å²) in [6.45, 7) is 7.45. The second kappa shape index (κ2) is 20.5. The molecular weight excluding hydrogens is 415 g/mol. The van der Waals surface area contributed by atoms with Crippen molar-refractivity contribution in [2.75, 3.05) is 98.4 Å². The average Bonchev–Trinajstić information content (AvgIpc) is 2.68. The van der Waals surface area contributed by atoms with E-state index in [1.54, 1.807) is 0 Å². The van der Waals surface area contributed by atoms with E-state index in [1.165, 1.54) is 52.4 Å². The molecule has 0 radical (unpaired) electrons. The molecule has 0 unspecified atom stereocenters. The largest absolute Gasteiger partial charge is 0.329 e. The van der Waals surface area contributed by atoms with Crippen LogP contribution in [0.25, 0.3) is 0 Å². The molecule has 1 heterocycles. The molecule has 0 spiro atoms. The summed E-state index contributed by atoms with van der Waals surface area (Å²) >= 11 is 8.52. The number of rotatable bonds is 11. The molecule has 0 bridgehead atoms. The molecule has 9 heteroatoms. The van der Waals surface area contributed by atoms with Gasteiger partial charge >= 0.3 is 0 Å². The quantitative estimate of drug-likeness (QED) is 0.342. The molecule has 1 aliphatic rings. The highest BCUT2D eigenvalue weighted by Crippen LogP contribution is 2.18. The molecule has 0 amide bonds. The Morgan fingerprint density at radius 3 is 1.85 bits per heavy atom. The number of nitrogens with zero attached hydrogens (tertiary/aromatic N) is 1. The Labute approximate surface area is 184 Å². The molecule has 0 aliphatic carbocycles. The van der Waals surface area contributed by atoms with E-state index >= 15 is 0 Å². The van der Waals surface area contributed by atoms with E-state index in [-0.39, 0.29) is 0 Å². The summed E-state index contributed by atoms with van der Waals surface area (Å²) in [5.74, 6) is 10.3. The Kier molecular flexibility index (Phi) is 19.9. The zero-order chi connectivity index (χ0) is 19.4. The van der Waals surface area contributed by atoms with Gasteiger partial charge in [0.25, 0.3) is 0 Å². The molecule has 27 heavy (non-hydrogen) atoms. The van der Waals surface area contributed by atoms with Gasteiger partial charge in [0.05, 0.1) is 0 Å². The molecule has 1 rings (SSSR count). The zero-order valence-electron chi connectivity index (χ0n) is 16.8. The number of nitrogens with two attached hydrogens (primary N) is 2. The summed E-state index contributed by atoms with van der Waals surface area (Å²) in [7, 11) is 0. The van der Waals surface area contributed by atoms with Crippen molar-refractivity contribution in [1.29, 1.82) is 0 Å². The number of nitrogens with one attached hydrogen (secondary N) is 2. The van der Waals surface area contributed by atoms with E-state index in [9.17, 15) is 0 Å². The molecule has 0 saturated carbocycles. The first kappa shape index (κ1) is 26.2. The predicted molar refractivity (Wildman–Crippen MR) is 133 cm³/mol. The van der Waals surface area contributed by atoms with E-state index in [1.807, 2.05) is 0 Å². The number of hydrogen-bond acceptors (Lipinski definition) is 9. The molecule has 0 atom stereocenters. The normalized spacial score (nSPS) is 19.2. The average molecular weight is 456 g/mol. The van der Waals surface area contributed by atoms with Crippen LogP contribution in [-0.2, 0) is 0 Å². The lowest BCUT2D eigenvalue weighted by Crippen LogP contribution is -2.46. The fourth-order valence-corrected chi connectivity index (χ4v) is 7.65. The van der Waals surface area contributed by atoms with Crippen molar-refractivity contribution in [3.63, 3.8) is 0 Å². The minimum absolute atomic E-state index is 0.638. The first-order valence-corrected chi connectivity index (χ1v) is 14.9. The third-order valence-electron chi connectivity index (χ3n) is 4.25. The third kappa shape index (κ3) is 15.7. The van der Waals surface area contributed by atoms with E-state index in [2.05, 4.69) is 62.6 Å². The van der Waals surface area contributed by atoms with E-state index in [0.29, 0.717) is 12.6 Å². The molecule has 1 saturated heterocycles. The fraction of sp³-hybridized carbons (Fsp3) is 1.00. The summed E-state index contributed by atoms with van der Waals surface area (Å²) in [4.78, 5) is 2.62. The number of hydrogen-bond donors (Lipinski definition) is 4. The fourth-order valence-electron chi connectivity index (χ4n) is 2.79. The molecule has 0 aromatic heterocycles. The zero-order valence-corrected chi connectivity index (χ0v) is 20.1. The van der Waals surface area contributed by atoms with Gasteiger partial charge in [0.2, 0.25) is 0 Å². The van der Waals surface area contributed by atoms with Crippen LogP contribution >= 0.6 is 47.0 Å². The summed E-state index contributed by atoms with van der Waals surface area (Å²) in [5.41, 5.74) is 11.4. The van der Waals surface area contributed by atoms with Gasteiger partial charge in [0, 0.05) is 92.9 Å². The molecule has 5 nitrogen and oxygen atoms in total. The first-order valence-electron chi connectivity index (χ1n) is 10.2. The highest BCUT2D eigenvalue weighted by Gasteiger charge is 2.18. The topological polar surface area (TPSA) is 79.3 Å². The van der Waals surface area contributed by atoms with Gasteiger partial charge < -0.3 is 22.1 Å². The monoisotopic (exact) mass is 455 g/mol. The predicted octanol–water partition coefficient (Wildman–Crippen LogP) is 1.09. The minimum atomic E-state index is 0.638. The lowest BCUT2D eigenvalue weighted by Gasteiger charge is -2.31. The summed E-state index contributed by atoms with van der Waals surface area (Å²) in [6.07, 6.45) is 1.37. The molecule has 162 valence electrons. The van der Waals surface area contributed by atoms with Gasteiger partial charge in [0.15, 0.2) is 0 Å². The second-order valence-corrected chi connectivity index (χ2v) is 11.2. The van der Waals surface area contributed by atoms with Crippen LogP contribution in [0.15, 0.2) is 0 Å². The molecule has 1 fully saturated rings. The number of thioether (sulfide) groups is 4. The Hall–Kier alpha value is 1.20. The van der Waals surface area contributed by atoms with Crippen LogP contribution < -0.4 is 22.1 Å². The highest BCUT2D eigenvalue weighted by atomic mass is 32.2. The van der Waals surface area contributed by atoms with Crippen molar-refractivity contribution in [1.82, 2.24) is 15.5 Å². The molecule has 0 aromatic carbocycles. The van der Waals surface area contributed by atoms with Gasteiger partial charge in [0.1, 0.15) is 0 Å². The van der Waals surface area contributed by atoms with Gasteiger partial charge in [-0.1, -0.05) is 0 Å². The van der Waals surface area contributed by atoms with Crippen LogP contribution in [0.5, 0.6) is 0 Å². The molecule has 1 aliphatic heterocycles. The first-order chi connectivity index (χ1) is 13.4.